The summed E-state index contributed by atoms with van der Waals surface area (Å²) in [4.78, 5) is 24.7. The molecule has 2 atom stereocenters. The summed E-state index contributed by atoms with van der Waals surface area (Å²) < 4.78 is 23.2. The molecule has 21 heavy (non-hydrogen) atoms. The second-order valence-electron chi connectivity index (χ2n) is 5.90. The maximum Gasteiger partial charge on any atom is 0.303 e. The lowest BCUT2D eigenvalue weighted by Gasteiger charge is -2.29. The molecule has 1 heterocycles. The second kappa shape index (κ2) is 7.77. The first kappa shape index (κ1) is 17.9. The van der Waals surface area contributed by atoms with E-state index in [4.69, 9.17) is 5.11 Å². The number of sulfone groups is 1. The Morgan fingerprint density at radius 1 is 1.33 bits per heavy atom. The highest BCUT2D eigenvalue weighted by Crippen LogP contribution is 2.21. The van der Waals surface area contributed by atoms with Crippen LogP contribution < -0.4 is 0 Å². The molecule has 0 saturated carbocycles. The molecule has 1 aliphatic heterocycles. The first-order valence-electron chi connectivity index (χ1n) is 7.47. The first-order valence-corrected chi connectivity index (χ1v) is 9.29. The molecule has 0 aromatic rings. The zero-order valence-electron chi connectivity index (χ0n) is 12.7. The maximum atomic E-state index is 12.4. The summed E-state index contributed by atoms with van der Waals surface area (Å²) in [5, 5.41) is 8.75. The van der Waals surface area contributed by atoms with E-state index in [0.29, 0.717) is 13.0 Å². The van der Waals surface area contributed by atoms with Gasteiger partial charge in [0.05, 0.1) is 11.5 Å². The Kier molecular flexibility index (Phi) is 6.64. The molecule has 7 heteroatoms. The van der Waals surface area contributed by atoms with Crippen molar-refractivity contribution < 1.29 is 23.1 Å². The summed E-state index contributed by atoms with van der Waals surface area (Å²) >= 11 is 0. The van der Waals surface area contributed by atoms with Gasteiger partial charge in [0.2, 0.25) is 5.91 Å². The molecule has 0 bridgehead atoms. The molecular weight excluding hydrogens is 294 g/mol. The van der Waals surface area contributed by atoms with Crippen LogP contribution in [0.1, 0.15) is 46.0 Å². The van der Waals surface area contributed by atoms with Crippen molar-refractivity contribution in [2.24, 2.45) is 5.92 Å². The molecular formula is C14H25NO5S. The van der Waals surface area contributed by atoms with Crippen molar-refractivity contribution in [3.05, 3.63) is 0 Å². The van der Waals surface area contributed by atoms with Crippen molar-refractivity contribution >= 4 is 21.7 Å². The van der Waals surface area contributed by atoms with Crippen LogP contribution in [0.25, 0.3) is 0 Å². The fourth-order valence-corrected chi connectivity index (χ4v) is 4.38. The molecule has 0 aliphatic carbocycles. The normalized spacial score (nSPS) is 21.9. The Morgan fingerprint density at radius 3 is 2.48 bits per heavy atom. The van der Waals surface area contributed by atoms with Crippen LogP contribution in [0.15, 0.2) is 0 Å². The number of hydrogen-bond acceptors (Lipinski definition) is 4. The molecule has 1 N–H and O–H groups in total. The minimum absolute atomic E-state index is 0.0375. The largest absolute Gasteiger partial charge is 0.481 e. The third-order valence-electron chi connectivity index (χ3n) is 3.77. The zero-order chi connectivity index (χ0) is 16.0. The van der Waals surface area contributed by atoms with Crippen molar-refractivity contribution in [3.8, 4) is 0 Å². The standard InChI is InChI=1S/C14H25NO5S/c1-3-4-6-15(12-5-7-21(19,20)10-12)13(16)8-11(2)9-14(17)18/h11-12H,3-10H2,1-2H3,(H,17,18). The lowest BCUT2D eigenvalue weighted by Crippen LogP contribution is -2.42. The molecule has 122 valence electrons. The van der Waals surface area contributed by atoms with Crippen molar-refractivity contribution in [2.45, 2.75) is 52.0 Å². The van der Waals surface area contributed by atoms with Gasteiger partial charge < -0.3 is 10.0 Å². The van der Waals surface area contributed by atoms with Gasteiger partial charge in [0.25, 0.3) is 0 Å². The average molecular weight is 319 g/mol. The molecule has 1 amide bonds. The van der Waals surface area contributed by atoms with Crippen LogP contribution in [0.5, 0.6) is 0 Å². The van der Waals surface area contributed by atoms with Gasteiger partial charge in [-0.3, -0.25) is 9.59 Å². The predicted octanol–water partition coefficient (Wildman–Crippen LogP) is 1.30. The maximum absolute atomic E-state index is 12.4. The summed E-state index contributed by atoms with van der Waals surface area (Å²) in [6.07, 6.45) is 2.36. The Hall–Kier alpha value is -1.11. The molecule has 1 aliphatic rings. The van der Waals surface area contributed by atoms with Gasteiger partial charge in [-0.1, -0.05) is 20.3 Å². The predicted molar refractivity (Wildman–Crippen MR) is 79.7 cm³/mol. The highest BCUT2D eigenvalue weighted by atomic mass is 32.2. The Bertz CT molecular complexity index is 474. The van der Waals surface area contributed by atoms with E-state index >= 15 is 0 Å². The summed E-state index contributed by atoms with van der Waals surface area (Å²) in [6, 6.07) is -0.244. The minimum atomic E-state index is -3.03. The lowest BCUT2D eigenvalue weighted by atomic mass is 10.0. The van der Waals surface area contributed by atoms with Gasteiger partial charge in [0, 0.05) is 25.4 Å². The van der Waals surface area contributed by atoms with E-state index in [1.807, 2.05) is 6.92 Å². The number of carboxylic acid groups (broad SMARTS) is 1. The molecule has 0 aromatic carbocycles. The summed E-state index contributed by atoms with van der Waals surface area (Å²) in [5.74, 6) is -1.11. The Labute approximate surface area is 126 Å². The van der Waals surface area contributed by atoms with Crippen molar-refractivity contribution in [1.82, 2.24) is 4.90 Å². The third kappa shape index (κ3) is 6.03. The fourth-order valence-electron chi connectivity index (χ4n) is 2.65. The number of nitrogens with zero attached hydrogens (tertiary/aromatic N) is 1. The monoisotopic (exact) mass is 319 g/mol. The molecule has 1 fully saturated rings. The van der Waals surface area contributed by atoms with Crippen molar-refractivity contribution in [1.29, 1.82) is 0 Å². The third-order valence-corrected chi connectivity index (χ3v) is 5.52. The van der Waals surface area contributed by atoms with E-state index in [-0.39, 0.29) is 42.2 Å². The van der Waals surface area contributed by atoms with Gasteiger partial charge in [0.15, 0.2) is 9.84 Å². The number of amides is 1. The Morgan fingerprint density at radius 2 is 2.00 bits per heavy atom. The van der Waals surface area contributed by atoms with Gasteiger partial charge in [-0.25, -0.2) is 8.42 Å². The number of carboxylic acids is 1. The molecule has 0 spiro atoms. The first-order chi connectivity index (χ1) is 9.75. The highest BCUT2D eigenvalue weighted by molar-refractivity contribution is 7.91. The Balaban J connectivity index is 2.68. The van der Waals surface area contributed by atoms with Crippen LogP contribution in [0.2, 0.25) is 0 Å². The molecule has 1 rings (SSSR count). The number of hydrogen-bond donors (Lipinski definition) is 1. The van der Waals surface area contributed by atoms with Crippen LogP contribution in [0.4, 0.5) is 0 Å². The van der Waals surface area contributed by atoms with Gasteiger partial charge in [-0.05, 0) is 18.8 Å². The van der Waals surface area contributed by atoms with Crippen LogP contribution >= 0.6 is 0 Å². The van der Waals surface area contributed by atoms with E-state index in [9.17, 15) is 18.0 Å². The number of carbonyl (C=O) groups is 2. The summed E-state index contributed by atoms with van der Waals surface area (Å²) in [5.41, 5.74) is 0. The molecule has 0 radical (unpaired) electrons. The number of carbonyl (C=O) groups excluding carboxylic acids is 1. The number of rotatable bonds is 8. The summed E-state index contributed by atoms with van der Waals surface area (Å²) in [7, 11) is -3.03. The second-order valence-corrected chi connectivity index (χ2v) is 8.13. The van der Waals surface area contributed by atoms with Crippen molar-refractivity contribution in [3.63, 3.8) is 0 Å². The van der Waals surface area contributed by atoms with Crippen LogP contribution in [-0.4, -0.2) is 54.4 Å². The van der Waals surface area contributed by atoms with Crippen LogP contribution in [0.3, 0.4) is 0 Å². The van der Waals surface area contributed by atoms with Gasteiger partial charge in [-0.15, -0.1) is 0 Å². The van der Waals surface area contributed by atoms with Crippen molar-refractivity contribution in [2.75, 3.05) is 18.1 Å². The lowest BCUT2D eigenvalue weighted by molar-refractivity contribution is -0.139. The summed E-state index contributed by atoms with van der Waals surface area (Å²) in [6.45, 7) is 4.30. The molecule has 6 nitrogen and oxygen atoms in total. The van der Waals surface area contributed by atoms with E-state index in [1.165, 1.54) is 0 Å². The molecule has 0 aromatic heterocycles. The number of unbranched alkanes of at least 4 members (excludes halogenated alkanes) is 1. The van der Waals surface area contributed by atoms with Gasteiger partial charge in [-0.2, -0.15) is 0 Å². The zero-order valence-corrected chi connectivity index (χ0v) is 13.6. The molecule has 1 saturated heterocycles. The van der Waals surface area contributed by atoms with Crippen LogP contribution in [-0.2, 0) is 19.4 Å². The highest BCUT2D eigenvalue weighted by Gasteiger charge is 2.34. The smallest absolute Gasteiger partial charge is 0.303 e. The molecule has 2 unspecified atom stereocenters. The topological polar surface area (TPSA) is 91.8 Å². The van der Waals surface area contributed by atoms with E-state index in [2.05, 4.69) is 0 Å². The number of aliphatic carboxylic acids is 1. The van der Waals surface area contributed by atoms with Gasteiger partial charge >= 0.3 is 5.97 Å². The van der Waals surface area contributed by atoms with Gasteiger partial charge in [0.1, 0.15) is 0 Å². The SMILES string of the molecule is CCCCN(C(=O)CC(C)CC(=O)O)C1CCS(=O)(=O)C1. The van der Waals surface area contributed by atoms with E-state index < -0.39 is 15.8 Å². The average Bonchev–Trinajstić information content (AvgIpc) is 2.68. The van der Waals surface area contributed by atoms with E-state index in [0.717, 1.165) is 12.8 Å². The quantitative estimate of drug-likeness (QED) is 0.728. The minimum Gasteiger partial charge on any atom is -0.481 e. The fraction of sp³-hybridized carbons (Fsp3) is 0.857. The van der Waals surface area contributed by atoms with E-state index in [1.54, 1.807) is 11.8 Å². The van der Waals surface area contributed by atoms with Crippen LogP contribution in [0, 0.1) is 5.92 Å².